The number of halogens is 3. The zero-order valence-electron chi connectivity index (χ0n) is 9.15. The van der Waals surface area contributed by atoms with Crippen LogP contribution in [0.15, 0.2) is 22.7 Å². The van der Waals surface area contributed by atoms with Crippen LogP contribution < -0.4 is 0 Å². The molecule has 1 aromatic heterocycles. The van der Waals surface area contributed by atoms with Gasteiger partial charge in [0.1, 0.15) is 5.69 Å². The molecule has 0 aliphatic heterocycles. The van der Waals surface area contributed by atoms with E-state index < -0.39 is 22.8 Å². The van der Waals surface area contributed by atoms with E-state index in [1.807, 2.05) is 0 Å². The molecule has 1 atom stereocenters. The molecule has 0 saturated heterocycles. The lowest BCUT2D eigenvalue weighted by atomic mass is 10.1. The number of rotatable bonds is 4. The molecule has 0 fully saturated rings. The van der Waals surface area contributed by atoms with Gasteiger partial charge in [-0.2, -0.15) is 33.8 Å². The highest BCUT2D eigenvalue weighted by atomic mass is 32.2. The van der Waals surface area contributed by atoms with Crippen LogP contribution in [0.2, 0.25) is 0 Å². The van der Waals surface area contributed by atoms with Crippen LogP contribution in [0.5, 0.6) is 0 Å². The summed E-state index contributed by atoms with van der Waals surface area (Å²) in [4.78, 5) is 3.31. The van der Waals surface area contributed by atoms with Crippen molar-refractivity contribution in [2.24, 2.45) is 4.36 Å². The van der Waals surface area contributed by atoms with Crippen LogP contribution in [0.3, 0.4) is 0 Å². The second-order valence-electron chi connectivity index (χ2n) is 3.37. The summed E-state index contributed by atoms with van der Waals surface area (Å²) >= 11 is 0. The van der Waals surface area contributed by atoms with Gasteiger partial charge in [0, 0.05) is 6.20 Å². The van der Waals surface area contributed by atoms with Crippen LogP contribution in [-0.4, -0.2) is 15.3 Å². The monoisotopic (exact) mass is 276 g/mol. The van der Waals surface area contributed by atoms with Gasteiger partial charge in [-0.25, -0.2) is 0 Å². The molecule has 0 spiro atoms. The van der Waals surface area contributed by atoms with Crippen LogP contribution >= 0.6 is 0 Å². The van der Waals surface area contributed by atoms with Crippen molar-refractivity contribution in [1.82, 2.24) is 4.98 Å². The predicted molar refractivity (Wildman–Crippen MR) is 58.6 cm³/mol. The van der Waals surface area contributed by atoms with Gasteiger partial charge in [0.25, 0.3) is 0 Å². The van der Waals surface area contributed by atoms with Crippen molar-refractivity contribution in [3.8, 4) is 6.19 Å². The molecule has 0 aliphatic carbocycles. The fraction of sp³-hybridized carbons (Fsp3) is 0.400. The number of hydrogen-bond acceptors (Lipinski definition) is 4. The Morgan fingerprint density at radius 3 is 2.67 bits per heavy atom. The Balaban J connectivity index is 2.50. The highest BCUT2D eigenvalue weighted by Crippen LogP contribution is 2.27. The van der Waals surface area contributed by atoms with Crippen LogP contribution in [0.25, 0.3) is 0 Å². The molecule has 0 aromatic carbocycles. The molecule has 0 aliphatic rings. The average molecular weight is 276 g/mol. The summed E-state index contributed by atoms with van der Waals surface area (Å²) in [5.74, 6) is 0.203. The van der Waals surface area contributed by atoms with E-state index in [1.165, 1.54) is 12.3 Å². The van der Waals surface area contributed by atoms with Gasteiger partial charge in [0.2, 0.25) is 6.19 Å². The largest absolute Gasteiger partial charge is 0.788 e. The van der Waals surface area contributed by atoms with E-state index >= 15 is 0 Å². The van der Waals surface area contributed by atoms with Gasteiger partial charge in [-0.15, -0.1) is 0 Å². The summed E-state index contributed by atoms with van der Waals surface area (Å²) in [5, 5.41) is 8.13. The van der Waals surface area contributed by atoms with E-state index in [9.17, 15) is 17.7 Å². The summed E-state index contributed by atoms with van der Waals surface area (Å²) in [7, 11) is -1.55. The number of nitrogens with zero attached hydrogens (tertiary/aromatic N) is 3. The number of hydrogen-bond donors (Lipinski definition) is 0. The summed E-state index contributed by atoms with van der Waals surface area (Å²) in [6.45, 7) is 0. The van der Waals surface area contributed by atoms with Gasteiger partial charge in [-0.3, -0.25) is 4.98 Å². The molecular weight excluding hydrogens is 267 g/mol. The standard InChI is InChI=1S/C10H9F3N3OS/c11-10(12,13)9-4-3-8(6-15-9)2-1-5-18(17)16-7-14/h3-4,6H,1-2,5H2/q-1. The summed E-state index contributed by atoms with van der Waals surface area (Å²) < 4.78 is 50.7. The van der Waals surface area contributed by atoms with Crippen molar-refractivity contribution in [3.05, 3.63) is 29.6 Å². The highest BCUT2D eigenvalue weighted by Gasteiger charge is 2.31. The molecular formula is C10H9F3N3OS-. The number of aromatic nitrogens is 1. The highest BCUT2D eigenvalue weighted by molar-refractivity contribution is 7.81. The third-order valence-corrected chi connectivity index (χ3v) is 2.97. The molecule has 1 unspecified atom stereocenters. The lowest BCUT2D eigenvalue weighted by Gasteiger charge is -2.09. The zero-order valence-corrected chi connectivity index (χ0v) is 9.96. The summed E-state index contributed by atoms with van der Waals surface area (Å²) in [6, 6.07) is 2.24. The molecule has 0 radical (unpaired) electrons. The molecule has 1 rings (SSSR count). The first-order valence-corrected chi connectivity index (χ1v) is 6.21. The molecule has 98 valence electrons. The number of aryl methyl sites for hydroxylation is 1. The molecule has 0 amide bonds. The number of alkyl halides is 3. The average Bonchev–Trinajstić information content (AvgIpc) is 2.29. The summed E-state index contributed by atoms with van der Waals surface area (Å²) in [6.07, 6.45) is -0.960. The second kappa shape index (κ2) is 6.47. The maximum Gasteiger partial charge on any atom is 0.433 e. The maximum absolute atomic E-state index is 12.2. The number of pyridine rings is 1. The normalized spacial score (nSPS) is 13.3. The van der Waals surface area contributed by atoms with E-state index in [2.05, 4.69) is 9.35 Å². The smallest absolute Gasteiger partial charge is 0.433 e. The van der Waals surface area contributed by atoms with Gasteiger partial charge >= 0.3 is 6.18 Å². The quantitative estimate of drug-likeness (QED) is 0.793. The molecule has 4 nitrogen and oxygen atoms in total. The first kappa shape index (κ1) is 14.6. The van der Waals surface area contributed by atoms with E-state index in [0.29, 0.717) is 18.4 Å². The molecule has 8 heteroatoms. The minimum atomic E-state index is -4.44. The molecule has 18 heavy (non-hydrogen) atoms. The van der Waals surface area contributed by atoms with Crippen LogP contribution in [0.1, 0.15) is 17.7 Å². The minimum Gasteiger partial charge on any atom is -0.788 e. The maximum atomic E-state index is 12.2. The molecule has 0 N–H and O–H groups in total. The van der Waals surface area contributed by atoms with Crippen molar-refractivity contribution in [2.75, 3.05) is 5.75 Å². The second-order valence-corrected chi connectivity index (χ2v) is 4.60. The zero-order chi connectivity index (χ0) is 13.6. The lowest BCUT2D eigenvalue weighted by molar-refractivity contribution is -0.141. The van der Waals surface area contributed by atoms with Gasteiger partial charge in [-0.05, 0) is 30.2 Å². The van der Waals surface area contributed by atoms with Crippen molar-refractivity contribution < 1.29 is 17.7 Å². The summed E-state index contributed by atoms with van der Waals surface area (Å²) in [5.41, 5.74) is -0.314. The van der Waals surface area contributed by atoms with E-state index in [0.717, 1.165) is 12.3 Å². The van der Waals surface area contributed by atoms with Gasteiger partial charge in [-0.1, -0.05) is 6.07 Å². The van der Waals surface area contributed by atoms with Crippen molar-refractivity contribution in [1.29, 1.82) is 5.26 Å². The SMILES string of the molecule is N#CN=S([O-])CCCc1ccc(C(F)(F)F)nc1. The van der Waals surface area contributed by atoms with Crippen molar-refractivity contribution >= 4 is 11.0 Å². The van der Waals surface area contributed by atoms with E-state index in [4.69, 9.17) is 5.26 Å². The van der Waals surface area contributed by atoms with Crippen LogP contribution in [0, 0.1) is 11.5 Å². The third-order valence-electron chi connectivity index (χ3n) is 2.04. The van der Waals surface area contributed by atoms with Crippen molar-refractivity contribution in [3.63, 3.8) is 0 Å². The topological polar surface area (TPSA) is 72.1 Å². The van der Waals surface area contributed by atoms with E-state index in [-0.39, 0.29) is 5.75 Å². The Labute approximate surface area is 104 Å². The van der Waals surface area contributed by atoms with E-state index in [1.54, 1.807) is 0 Å². The fourth-order valence-corrected chi connectivity index (χ4v) is 1.80. The first-order chi connectivity index (χ1) is 8.43. The van der Waals surface area contributed by atoms with Gasteiger partial charge in [0.05, 0.1) is 0 Å². The fourth-order valence-electron chi connectivity index (χ4n) is 1.23. The molecule has 1 heterocycles. The first-order valence-electron chi connectivity index (χ1n) is 4.94. The Kier molecular flexibility index (Phi) is 5.25. The van der Waals surface area contributed by atoms with Gasteiger partial charge in [0.15, 0.2) is 0 Å². The predicted octanol–water partition coefficient (Wildman–Crippen LogP) is 2.45. The lowest BCUT2D eigenvalue weighted by Crippen LogP contribution is -2.07. The van der Waals surface area contributed by atoms with Crippen molar-refractivity contribution in [2.45, 2.75) is 19.0 Å². The minimum absolute atomic E-state index is 0.203. The number of nitriles is 1. The van der Waals surface area contributed by atoms with Crippen LogP contribution in [-0.2, 0) is 23.6 Å². The molecule has 0 saturated carbocycles. The Hall–Kier alpha value is -1.46. The third kappa shape index (κ3) is 4.81. The Morgan fingerprint density at radius 1 is 1.44 bits per heavy atom. The molecule has 1 aromatic rings. The molecule has 0 bridgehead atoms. The van der Waals surface area contributed by atoms with Crippen LogP contribution in [0.4, 0.5) is 13.2 Å². The Bertz CT molecular complexity index is 465. The van der Waals surface area contributed by atoms with Gasteiger partial charge < -0.3 is 4.55 Å². The Morgan fingerprint density at radius 2 is 2.17 bits per heavy atom.